The number of nitriles is 1. The second kappa shape index (κ2) is 5.95. The van der Waals surface area contributed by atoms with Gasteiger partial charge in [0.25, 0.3) is 5.91 Å². The zero-order valence-corrected chi connectivity index (χ0v) is 14.6. The predicted octanol–water partition coefficient (Wildman–Crippen LogP) is 4.62. The molecule has 106 valence electrons. The largest absolute Gasteiger partial charge is 0.312 e. The van der Waals surface area contributed by atoms with E-state index >= 15 is 0 Å². The fraction of sp³-hybridized carbons (Fsp3) is 0.200. The Morgan fingerprint density at radius 3 is 3.00 bits per heavy atom. The van der Waals surface area contributed by atoms with E-state index in [1.165, 1.54) is 16.2 Å². The maximum atomic E-state index is 12.4. The third-order valence-electron chi connectivity index (χ3n) is 3.43. The first-order valence-corrected chi connectivity index (χ1v) is 8.68. The molecule has 1 aromatic heterocycles. The topological polar surface area (TPSA) is 52.9 Å². The van der Waals surface area contributed by atoms with Crippen LogP contribution in [0, 0.1) is 14.9 Å². The van der Waals surface area contributed by atoms with E-state index in [0.29, 0.717) is 21.2 Å². The van der Waals surface area contributed by atoms with Crippen molar-refractivity contribution in [1.29, 1.82) is 5.26 Å². The molecule has 21 heavy (non-hydrogen) atoms. The molecule has 0 saturated heterocycles. The number of halogens is 2. The Hall–Kier alpha value is -1.10. The van der Waals surface area contributed by atoms with Gasteiger partial charge in [0.2, 0.25) is 0 Å². The van der Waals surface area contributed by atoms with E-state index in [1.54, 1.807) is 12.1 Å². The SMILES string of the molecule is N#Cc1c(NC(=O)c2cc(I)ccc2Cl)sc2c1CCC2. The van der Waals surface area contributed by atoms with E-state index in [4.69, 9.17) is 11.6 Å². The molecule has 1 N–H and O–H groups in total. The van der Waals surface area contributed by atoms with E-state index in [2.05, 4.69) is 34.0 Å². The maximum absolute atomic E-state index is 12.4. The van der Waals surface area contributed by atoms with Gasteiger partial charge in [-0.3, -0.25) is 4.79 Å². The summed E-state index contributed by atoms with van der Waals surface area (Å²) in [6.45, 7) is 0. The van der Waals surface area contributed by atoms with Gasteiger partial charge in [0.15, 0.2) is 0 Å². The van der Waals surface area contributed by atoms with Crippen LogP contribution < -0.4 is 5.32 Å². The molecule has 1 aromatic carbocycles. The first kappa shape index (κ1) is 14.8. The van der Waals surface area contributed by atoms with Gasteiger partial charge in [-0.25, -0.2) is 0 Å². The highest BCUT2D eigenvalue weighted by atomic mass is 127. The average Bonchev–Trinajstić information content (AvgIpc) is 3.01. The zero-order chi connectivity index (χ0) is 15.0. The van der Waals surface area contributed by atoms with E-state index in [9.17, 15) is 10.1 Å². The minimum atomic E-state index is -0.269. The van der Waals surface area contributed by atoms with Crippen molar-refractivity contribution in [3.05, 3.63) is 48.4 Å². The normalized spacial score (nSPS) is 12.8. The Bertz CT molecular complexity index is 779. The second-order valence-corrected chi connectivity index (χ2v) is 7.51. The van der Waals surface area contributed by atoms with E-state index in [1.807, 2.05) is 6.07 Å². The summed E-state index contributed by atoms with van der Waals surface area (Å²) in [5.74, 6) is -0.269. The third kappa shape index (κ3) is 2.80. The lowest BCUT2D eigenvalue weighted by Gasteiger charge is -2.06. The highest BCUT2D eigenvalue weighted by molar-refractivity contribution is 14.1. The standard InChI is InChI=1S/C15H10ClIN2OS/c16-12-5-4-8(17)6-10(12)14(20)19-15-11(7-18)9-2-1-3-13(9)21-15/h4-6H,1-3H2,(H,19,20). The number of benzene rings is 1. The average molecular weight is 429 g/mol. The number of anilines is 1. The second-order valence-electron chi connectivity index (χ2n) is 4.75. The van der Waals surface area contributed by atoms with Crippen molar-refractivity contribution in [3.8, 4) is 6.07 Å². The first-order valence-electron chi connectivity index (χ1n) is 6.41. The number of nitrogens with zero attached hydrogens (tertiary/aromatic N) is 1. The number of carbonyl (C=O) groups excluding carboxylic acids is 1. The van der Waals surface area contributed by atoms with Crippen LogP contribution in [0.5, 0.6) is 0 Å². The Balaban J connectivity index is 1.92. The molecule has 1 aliphatic carbocycles. The molecule has 0 radical (unpaired) electrons. The summed E-state index contributed by atoms with van der Waals surface area (Å²) in [6, 6.07) is 7.52. The molecule has 0 aliphatic heterocycles. The molecule has 0 spiro atoms. The van der Waals surface area contributed by atoms with Crippen molar-refractivity contribution in [1.82, 2.24) is 0 Å². The third-order valence-corrected chi connectivity index (χ3v) is 5.64. The summed E-state index contributed by atoms with van der Waals surface area (Å²) in [5.41, 5.74) is 2.15. The van der Waals surface area contributed by atoms with Gasteiger partial charge in [0.1, 0.15) is 11.1 Å². The summed E-state index contributed by atoms with van der Waals surface area (Å²) >= 11 is 9.72. The molecule has 0 unspecified atom stereocenters. The van der Waals surface area contributed by atoms with Crippen molar-refractivity contribution in [3.63, 3.8) is 0 Å². The van der Waals surface area contributed by atoms with Gasteiger partial charge in [-0.1, -0.05) is 11.6 Å². The number of carbonyl (C=O) groups is 1. The number of thiophene rings is 1. The number of fused-ring (bicyclic) bond motifs is 1. The van der Waals surface area contributed by atoms with Crippen LogP contribution in [-0.4, -0.2) is 5.91 Å². The van der Waals surface area contributed by atoms with Gasteiger partial charge in [0.05, 0.1) is 16.1 Å². The summed E-state index contributed by atoms with van der Waals surface area (Å²) in [6.07, 6.45) is 3.01. The Morgan fingerprint density at radius 1 is 1.43 bits per heavy atom. The van der Waals surface area contributed by atoms with Gasteiger partial charge in [0, 0.05) is 8.45 Å². The molecule has 0 bridgehead atoms. The molecule has 3 nitrogen and oxygen atoms in total. The Labute approximate surface area is 145 Å². The molecule has 0 fully saturated rings. The van der Waals surface area contributed by atoms with Crippen LogP contribution in [0.15, 0.2) is 18.2 Å². The van der Waals surface area contributed by atoms with Gasteiger partial charge in [-0.2, -0.15) is 5.26 Å². The minimum absolute atomic E-state index is 0.269. The molecular weight excluding hydrogens is 419 g/mol. The monoisotopic (exact) mass is 428 g/mol. The molecular formula is C15H10ClIN2OS. The van der Waals surface area contributed by atoms with Crippen LogP contribution >= 0.6 is 45.5 Å². The quantitative estimate of drug-likeness (QED) is 0.710. The maximum Gasteiger partial charge on any atom is 0.257 e. The summed E-state index contributed by atoms with van der Waals surface area (Å²) in [4.78, 5) is 13.6. The molecule has 0 saturated carbocycles. The van der Waals surface area contributed by atoms with Crippen molar-refractivity contribution in [2.75, 3.05) is 5.32 Å². The van der Waals surface area contributed by atoms with Crippen LogP contribution in [0.25, 0.3) is 0 Å². The lowest BCUT2D eigenvalue weighted by atomic mass is 10.1. The Morgan fingerprint density at radius 2 is 2.24 bits per heavy atom. The van der Waals surface area contributed by atoms with Gasteiger partial charge in [-0.15, -0.1) is 11.3 Å². The van der Waals surface area contributed by atoms with Crippen molar-refractivity contribution in [2.24, 2.45) is 0 Å². The van der Waals surface area contributed by atoms with Crippen LogP contribution in [0.3, 0.4) is 0 Å². The van der Waals surface area contributed by atoms with Crippen LogP contribution in [0.1, 0.15) is 32.8 Å². The van der Waals surface area contributed by atoms with E-state index < -0.39 is 0 Å². The number of amides is 1. The molecule has 3 rings (SSSR count). The van der Waals surface area contributed by atoms with Crippen molar-refractivity contribution < 1.29 is 4.79 Å². The fourth-order valence-corrected chi connectivity index (χ4v) is 4.38. The van der Waals surface area contributed by atoms with Crippen LogP contribution in [0.2, 0.25) is 5.02 Å². The number of aryl methyl sites for hydroxylation is 1. The molecule has 2 aromatic rings. The lowest BCUT2D eigenvalue weighted by molar-refractivity contribution is 0.102. The van der Waals surface area contributed by atoms with E-state index in [0.717, 1.165) is 28.4 Å². The van der Waals surface area contributed by atoms with Crippen LogP contribution in [0.4, 0.5) is 5.00 Å². The molecule has 1 aliphatic rings. The first-order chi connectivity index (χ1) is 10.1. The van der Waals surface area contributed by atoms with Gasteiger partial charge < -0.3 is 5.32 Å². The molecule has 6 heteroatoms. The van der Waals surface area contributed by atoms with E-state index in [-0.39, 0.29) is 5.91 Å². The fourth-order valence-electron chi connectivity index (χ4n) is 2.45. The number of rotatable bonds is 2. The summed E-state index contributed by atoms with van der Waals surface area (Å²) in [5, 5.41) is 13.2. The van der Waals surface area contributed by atoms with Crippen molar-refractivity contribution >= 4 is 56.4 Å². The van der Waals surface area contributed by atoms with Gasteiger partial charge >= 0.3 is 0 Å². The van der Waals surface area contributed by atoms with Crippen LogP contribution in [-0.2, 0) is 12.8 Å². The Kier molecular flexibility index (Phi) is 4.20. The summed E-state index contributed by atoms with van der Waals surface area (Å²) in [7, 11) is 0. The smallest absolute Gasteiger partial charge is 0.257 e. The van der Waals surface area contributed by atoms with Gasteiger partial charge in [-0.05, 0) is 65.6 Å². The highest BCUT2D eigenvalue weighted by Crippen LogP contribution is 2.38. The summed E-state index contributed by atoms with van der Waals surface area (Å²) < 4.78 is 0.941. The number of hydrogen-bond acceptors (Lipinski definition) is 3. The number of nitrogens with one attached hydrogen (secondary N) is 1. The lowest BCUT2D eigenvalue weighted by Crippen LogP contribution is -2.12. The predicted molar refractivity (Wildman–Crippen MR) is 93.2 cm³/mol. The zero-order valence-electron chi connectivity index (χ0n) is 10.9. The molecule has 1 heterocycles. The molecule has 1 amide bonds. The minimum Gasteiger partial charge on any atom is -0.312 e. The van der Waals surface area contributed by atoms with Crippen molar-refractivity contribution in [2.45, 2.75) is 19.3 Å². The highest BCUT2D eigenvalue weighted by Gasteiger charge is 2.23. The molecule has 0 atom stereocenters. The number of hydrogen-bond donors (Lipinski definition) is 1.